The molecule has 0 aliphatic rings. The van der Waals surface area contributed by atoms with E-state index in [-0.39, 0.29) is 16.3 Å². The molecule has 0 aliphatic heterocycles. The number of nitrogens with one attached hydrogen (secondary N) is 2. The summed E-state index contributed by atoms with van der Waals surface area (Å²) < 4.78 is 13.6. The number of halogens is 2. The fourth-order valence-electron chi connectivity index (χ4n) is 1.00. The maximum absolute atomic E-state index is 13.6. The molecule has 4 N–H and O–H groups in total. The number of nitrogens with zero attached hydrogens (tertiary/aromatic N) is 2. The molecule has 1 aromatic rings. The number of nitriles is 1. The van der Waals surface area contributed by atoms with Crippen molar-refractivity contribution in [2.24, 2.45) is 10.8 Å². The largest absolute Gasteiger partial charge is 0.382 e. The van der Waals surface area contributed by atoms with E-state index in [4.69, 9.17) is 28.0 Å². The zero-order valence-corrected chi connectivity index (χ0v) is 9.62. The lowest BCUT2D eigenvalue weighted by Crippen LogP contribution is -2.22. The highest BCUT2D eigenvalue weighted by atomic mass is 35.5. The minimum atomic E-state index is -0.883. The quantitative estimate of drug-likeness (QED) is 0.332. The van der Waals surface area contributed by atoms with Gasteiger partial charge in [-0.25, -0.2) is 4.39 Å². The van der Waals surface area contributed by atoms with Gasteiger partial charge in [-0.1, -0.05) is 11.6 Å². The van der Waals surface area contributed by atoms with Crippen molar-refractivity contribution in [3.8, 4) is 6.07 Å². The SMILES string of the molecule is N#C/C(=N\Nc1ccc(C=O)c(Cl)c1F)C(=N)N. The van der Waals surface area contributed by atoms with Crippen LogP contribution >= 0.6 is 11.6 Å². The van der Waals surface area contributed by atoms with Gasteiger partial charge in [0.15, 0.2) is 17.9 Å². The second kappa shape index (κ2) is 5.75. The summed E-state index contributed by atoms with van der Waals surface area (Å²) in [7, 11) is 0. The lowest BCUT2D eigenvalue weighted by molar-refractivity contribution is 0.112. The molecule has 1 aromatic carbocycles. The van der Waals surface area contributed by atoms with Gasteiger partial charge in [-0.05, 0) is 12.1 Å². The number of hydrazone groups is 1. The van der Waals surface area contributed by atoms with Crippen molar-refractivity contribution in [3.63, 3.8) is 0 Å². The van der Waals surface area contributed by atoms with Crippen molar-refractivity contribution in [2.45, 2.75) is 0 Å². The molecule has 0 aliphatic carbocycles. The fourth-order valence-corrected chi connectivity index (χ4v) is 1.21. The van der Waals surface area contributed by atoms with Crippen LogP contribution in [0.3, 0.4) is 0 Å². The maximum Gasteiger partial charge on any atom is 0.201 e. The van der Waals surface area contributed by atoms with Crippen molar-refractivity contribution in [3.05, 3.63) is 28.5 Å². The van der Waals surface area contributed by atoms with Crippen LogP contribution in [0.2, 0.25) is 5.02 Å². The first-order valence-electron chi connectivity index (χ1n) is 4.52. The minimum absolute atomic E-state index is 0.00392. The lowest BCUT2D eigenvalue weighted by atomic mass is 10.2. The maximum atomic E-state index is 13.6. The molecule has 0 saturated heterocycles. The molecular weight excluding hydrogens is 261 g/mol. The molecule has 0 fully saturated rings. The van der Waals surface area contributed by atoms with Gasteiger partial charge < -0.3 is 5.73 Å². The molecule has 8 heteroatoms. The van der Waals surface area contributed by atoms with Crippen LogP contribution in [0.1, 0.15) is 10.4 Å². The van der Waals surface area contributed by atoms with Crippen LogP contribution in [-0.4, -0.2) is 17.8 Å². The van der Waals surface area contributed by atoms with E-state index >= 15 is 0 Å². The first-order valence-corrected chi connectivity index (χ1v) is 4.90. The number of amidine groups is 1. The molecule has 1 rings (SSSR count). The van der Waals surface area contributed by atoms with Crippen molar-refractivity contribution in [1.29, 1.82) is 10.7 Å². The summed E-state index contributed by atoms with van der Waals surface area (Å²) in [6.45, 7) is 0. The van der Waals surface area contributed by atoms with Gasteiger partial charge in [0.05, 0.1) is 10.7 Å². The zero-order chi connectivity index (χ0) is 13.7. The highest BCUT2D eigenvalue weighted by molar-refractivity contribution is 6.45. The molecule has 6 nitrogen and oxygen atoms in total. The van der Waals surface area contributed by atoms with Crippen LogP contribution < -0.4 is 11.2 Å². The summed E-state index contributed by atoms with van der Waals surface area (Å²) in [6.07, 6.45) is 0.411. The summed E-state index contributed by atoms with van der Waals surface area (Å²) >= 11 is 5.58. The van der Waals surface area contributed by atoms with Gasteiger partial charge >= 0.3 is 0 Å². The lowest BCUT2D eigenvalue weighted by Gasteiger charge is -2.05. The van der Waals surface area contributed by atoms with Gasteiger partial charge in [0.2, 0.25) is 5.71 Å². The average Bonchev–Trinajstić information content (AvgIpc) is 2.34. The standard InChI is InChI=1S/C10H7ClFN5O/c11-8-5(4-18)1-2-6(9(8)12)16-17-7(3-13)10(14)15/h1-2,4,16H,(H3,14,15)/b17-7+. The third-order valence-corrected chi connectivity index (χ3v) is 2.27. The molecule has 0 heterocycles. The van der Waals surface area contributed by atoms with E-state index in [1.807, 2.05) is 0 Å². The Hall–Kier alpha value is -2.46. The minimum Gasteiger partial charge on any atom is -0.382 e. The monoisotopic (exact) mass is 267 g/mol. The number of anilines is 1. The van der Waals surface area contributed by atoms with Crippen molar-refractivity contribution < 1.29 is 9.18 Å². The van der Waals surface area contributed by atoms with Crippen LogP contribution in [0, 0.1) is 22.6 Å². The smallest absolute Gasteiger partial charge is 0.201 e. The highest BCUT2D eigenvalue weighted by Gasteiger charge is 2.11. The van der Waals surface area contributed by atoms with Gasteiger partial charge in [-0.3, -0.25) is 15.6 Å². The number of carbonyl (C=O) groups excluding carboxylic acids is 1. The Morgan fingerprint density at radius 3 is 2.83 bits per heavy atom. The number of nitrogens with two attached hydrogens (primary N) is 1. The highest BCUT2D eigenvalue weighted by Crippen LogP contribution is 2.25. The van der Waals surface area contributed by atoms with E-state index in [9.17, 15) is 9.18 Å². The topological polar surface area (TPSA) is 115 Å². The van der Waals surface area contributed by atoms with Gasteiger partial charge in [0.1, 0.15) is 6.07 Å². The molecule has 0 atom stereocenters. The van der Waals surface area contributed by atoms with E-state index in [2.05, 4.69) is 10.5 Å². The first-order chi connectivity index (χ1) is 8.51. The zero-order valence-electron chi connectivity index (χ0n) is 8.87. The van der Waals surface area contributed by atoms with E-state index in [1.165, 1.54) is 12.1 Å². The number of benzene rings is 1. The van der Waals surface area contributed by atoms with Crippen molar-refractivity contribution >= 4 is 35.1 Å². The third kappa shape index (κ3) is 2.81. The molecule has 0 aromatic heterocycles. The van der Waals surface area contributed by atoms with E-state index in [0.29, 0.717) is 6.29 Å². The Kier molecular flexibility index (Phi) is 4.34. The number of rotatable bonds is 4. The Morgan fingerprint density at radius 1 is 1.67 bits per heavy atom. The molecule has 18 heavy (non-hydrogen) atoms. The molecule has 0 spiro atoms. The van der Waals surface area contributed by atoms with Crippen molar-refractivity contribution in [2.75, 3.05) is 5.43 Å². The fraction of sp³-hybridized carbons (Fsp3) is 0. The Bertz CT molecular complexity index is 578. The van der Waals surface area contributed by atoms with Gasteiger partial charge in [-0.2, -0.15) is 10.4 Å². The number of hydrogen-bond donors (Lipinski definition) is 3. The summed E-state index contributed by atoms with van der Waals surface area (Å²) in [4.78, 5) is 10.5. The van der Waals surface area contributed by atoms with E-state index in [0.717, 1.165) is 0 Å². The first kappa shape index (κ1) is 13.6. The molecule has 0 radical (unpaired) electrons. The van der Waals surface area contributed by atoms with Gasteiger partial charge in [-0.15, -0.1) is 0 Å². The normalized spacial score (nSPS) is 10.6. The third-order valence-electron chi connectivity index (χ3n) is 1.89. The second-order valence-corrected chi connectivity index (χ2v) is 3.42. The summed E-state index contributed by atoms with van der Waals surface area (Å²) in [5.74, 6) is -1.44. The summed E-state index contributed by atoms with van der Waals surface area (Å²) in [6, 6.07) is 4.07. The average molecular weight is 268 g/mol. The molecule has 0 bridgehead atoms. The van der Waals surface area contributed by atoms with Crippen molar-refractivity contribution in [1.82, 2.24) is 0 Å². The number of aldehydes is 1. The molecule has 92 valence electrons. The van der Waals surface area contributed by atoms with Crippen LogP contribution in [0.15, 0.2) is 17.2 Å². The molecule has 0 unspecified atom stereocenters. The number of hydrogen-bond acceptors (Lipinski definition) is 5. The Morgan fingerprint density at radius 2 is 2.33 bits per heavy atom. The van der Waals surface area contributed by atoms with Crippen LogP contribution in [-0.2, 0) is 0 Å². The summed E-state index contributed by atoms with van der Waals surface area (Å²) in [5.41, 5.74) is 6.71. The van der Waals surface area contributed by atoms with E-state index in [1.54, 1.807) is 6.07 Å². The Balaban J connectivity index is 3.08. The predicted octanol–water partition coefficient (Wildman–Crippen LogP) is 1.52. The molecular formula is C10H7ClFN5O. The number of carbonyl (C=O) groups is 1. The van der Waals surface area contributed by atoms with Gasteiger partial charge in [0.25, 0.3) is 0 Å². The van der Waals surface area contributed by atoms with Crippen LogP contribution in [0.4, 0.5) is 10.1 Å². The van der Waals surface area contributed by atoms with Crippen LogP contribution in [0.5, 0.6) is 0 Å². The van der Waals surface area contributed by atoms with Crippen LogP contribution in [0.25, 0.3) is 0 Å². The second-order valence-electron chi connectivity index (χ2n) is 3.05. The predicted molar refractivity (Wildman–Crippen MR) is 65.4 cm³/mol. The van der Waals surface area contributed by atoms with Gasteiger partial charge in [0, 0.05) is 5.56 Å². The molecule has 0 saturated carbocycles. The van der Waals surface area contributed by atoms with E-state index < -0.39 is 17.4 Å². The summed E-state index contributed by atoms with van der Waals surface area (Å²) in [5, 5.41) is 18.7. The molecule has 0 amide bonds. The Labute approximate surface area is 106 Å².